The lowest BCUT2D eigenvalue weighted by Gasteiger charge is -2.23. The number of nitrogens with one attached hydrogen (secondary N) is 1. The molecule has 0 rings (SSSR count). The number of carbonyl (C=O) groups excluding carboxylic acids is 2. The van der Waals surface area contributed by atoms with Gasteiger partial charge in [-0.25, -0.2) is 0 Å². The number of hydrogen-bond donors (Lipinski definition) is 3. The summed E-state index contributed by atoms with van der Waals surface area (Å²) in [4.78, 5) is 26.0. The van der Waals surface area contributed by atoms with E-state index in [0.29, 0.717) is 19.3 Å². The predicted molar refractivity (Wildman–Crippen MR) is 254 cm³/mol. The van der Waals surface area contributed by atoms with Crippen molar-refractivity contribution in [1.82, 2.24) is 5.32 Å². The molecular weight excluding hydrogens is 731 g/mol. The molecule has 0 aromatic heterocycles. The summed E-state index contributed by atoms with van der Waals surface area (Å²) in [7, 11) is 0. The van der Waals surface area contributed by atoms with E-state index in [1.165, 1.54) is 64.2 Å². The highest BCUT2D eigenvalue weighted by atomic mass is 16.5. The number of allylic oxidation sites excluding steroid dienone is 17. The Labute approximate surface area is 362 Å². The Morgan fingerprint density at radius 3 is 1.56 bits per heavy atom. The van der Waals surface area contributed by atoms with Crippen LogP contribution in [0.15, 0.2) is 109 Å². The van der Waals surface area contributed by atoms with Gasteiger partial charge in [0.1, 0.15) is 6.10 Å². The summed E-state index contributed by atoms with van der Waals surface area (Å²) in [5.41, 5.74) is 0. The molecule has 0 aromatic rings. The molecule has 6 nitrogen and oxygen atoms in total. The van der Waals surface area contributed by atoms with Gasteiger partial charge in [0.05, 0.1) is 25.2 Å². The molecule has 0 aliphatic carbocycles. The van der Waals surface area contributed by atoms with Crippen molar-refractivity contribution in [2.24, 2.45) is 0 Å². The van der Waals surface area contributed by atoms with E-state index in [2.05, 4.69) is 86.8 Å². The number of esters is 1. The summed E-state index contributed by atoms with van der Waals surface area (Å²) in [6.45, 7) is 6.16. The Kier molecular flexibility index (Phi) is 42.9. The van der Waals surface area contributed by atoms with Crippen LogP contribution in [0.3, 0.4) is 0 Å². The van der Waals surface area contributed by atoms with E-state index in [0.717, 1.165) is 77.0 Å². The summed E-state index contributed by atoms with van der Waals surface area (Å²) >= 11 is 0. The molecule has 0 aliphatic rings. The van der Waals surface area contributed by atoms with Crippen LogP contribution in [-0.4, -0.2) is 46.9 Å². The molecule has 0 fully saturated rings. The quantitative estimate of drug-likeness (QED) is 0.0248. The average Bonchev–Trinajstić information content (AvgIpc) is 3.23. The normalized spacial score (nSPS) is 14.3. The minimum Gasteiger partial charge on any atom is -0.458 e. The van der Waals surface area contributed by atoms with Crippen molar-refractivity contribution >= 4 is 11.9 Å². The topological polar surface area (TPSA) is 95.9 Å². The van der Waals surface area contributed by atoms with Crippen LogP contribution in [0.4, 0.5) is 0 Å². The molecule has 6 heteroatoms. The Hall–Kier alpha value is -3.48. The van der Waals surface area contributed by atoms with Gasteiger partial charge in [0, 0.05) is 6.42 Å². The summed E-state index contributed by atoms with van der Waals surface area (Å²) in [6, 6.07) is -0.756. The third kappa shape index (κ3) is 41.1. The van der Waals surface area contributed by atoms with Crippen LogP contribution in [0.5, 0.6) is 0 Å². The largest absolute Gasteiger partial charge is 0.458 e. The van der Waals surface area contributed by atoms with Gasteiger partial charge in [-0.2, -0.15) is 0 Å². The minimum absolute atomic E-state index is 0.0687. The van der Waals surface area contributed by atoms with E-state index < -0.39 is 18.2 Å². The number of carbonyl (C=O) groups is 2. The first-order valence-corrected chi connectivity index (χ1v) is 23.7. The fraction of sp³-hybridized carbons (Fsp3) is 0.623. The van der Waals surface area contributed by atoms with E-state index in [1.54, 1.807) is 6.08 Å². The number of hydrogen-bond acceptors (Lipinski definition) is 5. The SMILES string of the molecule is CC/C=C/C=C/C=C\C=C/CCCCCC(=O)OC(/C=C/C/C=C/C/C=C/C/C=C/C/C=C/CC)CC(=O)NC(CO)C(O)CCCCCCCCCCCCCCC. The number of rotatable bonds is 40. The van der Waals surface area contributed by atoms with Crippen LogP contribution in [0.25, 0.3) is 0 Å². The molecular formula is C53H87NO5. The van der Waals surface area contributed by atoms with E-state index in [4.69, 9.17) is 4.74 Å². The molecule has 0 bridgehead atoms. The second-order valence-corrected chi connectivity index (χ2v) is 15.5. The maximum atomic E-state index is 13.1. The van der Waals surface area contributed by atoms with Crippen molar-refractivity contribution in [2.75, 3.05) is 6.61 Å². The fourth-order valence-corrected chi connectivity index (χ4v) is 6.40. The lowest BCUT2D eigenvalue weighted by molar-refractivity contribution is -0.148. The minimum atomic E-state index is -0.831. The van der Waals surface area contributed by atoms with E-state index in [-0.39, 0.29) is 24.9 Å². The molecule has 3 atom stereocenters. The van der Waals surface area contributed by atoms with Gasteiger partial charge in [0.25, 0.3) is 0 Å². The molecule has 0 aliphatic heterocycles. The molecule has 3 unspecified atom stereocenters. The van der Waals surface area contributed by atoms with Gasteiger partial charge in [-0.15, -0.1) is 0 Å². The number of ether oxygens (including phenoxy) is 1. The van der Waals surface area contributed by atoms with Crippen LogP contribution in [0.1, 0.15) is 188 Å². The van der Waals surface area contributed by atoms with Crippen LogP contribution in [0, 0.1) is 0 Å². The molecule has 3 N–H and O–H groups in total. The number of aliphatic hydroxyl groups is 2. The predicted octanol–water partition coefficient (Wildman–Crippen LogP) is 13.9. The Balaban J connectivity index is 4.84. The first kappa shape index (κ1) is 55.5. The average molecular weight is 818 g/mol. The summed E-state index contributed by atoms with van der Waals surface area (Å²) in [6.07, 6.45) is 61.8. The van der Waals surface area contributed by atoms with Crippen molar-refractivity contribution in [1.29, 1.82) is 0 Å². The Morgan fingerprint density at radius 2 is 1.02 bits per heavy atom. The van der Waals surface area contributed by atoms with Crippen molar-refractivity contribution in [3.05, 3.63) is 109 Å². The smallest absolute Gasteiger partial charge is 0.306 e. The maximum Gasteiger partial charge on any atom is 0.306 e. The van der Waals surface area contributed by atoms with Crippen molar-refractivity contribution < 1.29 is 24.5 Å². The zero-order valence-corrected chi connectivity index (χ0v) is 37.8. The Morgan fingerprint density at radius 1 is 0.542 bits per heavy atom. The number of aliphatic hydroxyl groups excluding tert-OH is 2. The van der Waals surface area contributed by atoms with Crippen molar-refractivity contribution in [3.8, 4) is 0 Å². The van der Waals surface area contributed by atoms with Crippen LogP contribution < -0.4 is 5.32 Å². The number of amides is 1. The lowest BCUT2D eigenvalue weighted by atomic mass is 10.0. The van der Waals surface area contributed by atoms with Gasteiger partial charge < -0.3 is 20.3 Å². The van der Waals surface area contributed by atoms with Gasteiger partial charge in [0.2, 0.25) is 5.91 Å². The van der Waals surface area contributed by atoms with Crippen molar-refractivity contribution in [2.45, 2.75) is 206 Å². The summed E-state index contributed by atoms with van der Waals surface area (Å²) in [5.74, 6) is -0.687. The first-order valence-electron chi connectivity index (χ1n) is 23.7. The van der Waals surface area contributed by atoms with E-state index >= 15 is 0 Å². The van der Waals surface area contributed by atoms with Gasteiger partial charge in [-0.1, -0.05) is 214 Å². The molecule has 0 spiro atoms. The standard InChI is InChI=1S/C53H87NO5/c1-4-7-10-13-16-19-22-25-28-29-32-35-38-41-44-49(59-53(58)46-43-40-37-34-31-27-24-21-18-15-12-9-6-3)47-52(57)54-50(48-55)51(56)45-42-39-36-33-30-26-23-20-17-14-11-8-5-2/h7,9-10,12,15-16,18-19,21,24-25,27-28,31-32,35,41,44,49-51,55-56H,4-6,8,11,13-14,17,20,22-23,26,29-30,33-34,36-40,42-43,45-48H2,1-3H3,(H,54,57)/b10-7+,12-9+,18-15+,19-16+,24-21-,28-25+,31-27-,35-32+,44-41+. The zero-order valence-electron chi connectivity index (χ0n) is 37.8. The summed E-state index contributed by atoms with van der Waals surface area (Å²) in [5, 5.41) is 23.6. The third-order valence-electron chi connectivity index (χ3n) is 9.94. The van der Waals surface area contributed by atoms with Crippen LogP contribution >= 0.6 is 0 Å². The maximum absolute atomic E-state index is 13.1. The van der Waals surface area contributed by atoms with E-state index in [1.807, 2.05) is 42.5 Å². The van der Waals surface area contributed by atoms with Crippen LogP contribution in [0.2, 0.25) is 0 Å². The zero-order chi connectivity index (χ0) is 43.1. The fourth-order valence-electron chi connectivity index (χ4n) is 6.40. The van der Waals surface area contributed by atoms with Gasteiger partial charge in [-0.05, 0) is 70.3 Å². The highest BCUT2D eigenvalue weighted by Crippen LogP contribution is 2.15. The molecule has 0 radical (unpaired) electrons. The van der Waals surface area contributed by atoms with Crippen LogP contribution in [-0.2, 0) is 14.3 Å². The van der Waals surface area contributed by atoms with Crippen molar-refractivity contribution in [3.63, 3.8) is 0 Å². The Bertz CT molecular complexity index is 1240. The van der Waals surface area contributed by atoms with E-state index in [9.17, 15) is 19.8 Å². The molecule has 0 saturated heterocycles. The second kappa shape index (κ2) is 45.6. The summed E-state index contributed by atoms with van der Waals surface area (Å²) < 4.78 is 5.78. The second-order valence-electron chi connectivity index (χ2n) is 15.5. The lowest BCUT2D eigenvalue weighted by Crippen LogP contribution is -2.46. The highest BCUT2D eigenvalue weighted by molar-refractivity contribution is 5.78. The molecule has 334 valence electrons. The monoisotopic (exact) mass is 818 g/mol. The third-order valence-corrected chi connectivity index (χ3v) is 9.94. The molecule has 0 saturated carbocycles. The first-order chi connectivity index (χ1) is 29.0. The van der Waals surface area contributed by atoms with Gasteiger partial charge in [0.15, 0.2) is 0 Å². The molecule has 0 heterocycles. The molecule has 0 aromatic carbocycles. The molecule has 59 heavy (non-hydrogen) atoms. The highest BCUT2D eigenvalue weighted by Gasteiger charge is 2.23. The number of unbranched alkanes of at least 4 members (excludes halogenated alkanes) is 15. The van der Waals surface area contributed by atoms with Gasteiger partial charge in [-0.3, -0.25) is 9.59 Å². The van der Waals surface area contributed by atoms with Gasteiger partial charge >= 0.3 is 5.97 Å². The molecule has 1 amide bonds.